The normalized spacial score (nSPS) is 9.50. The van der Waals surface area contributed by atoms with Crippen LogP contribution in [0.5, 0.6) is 11.6 Å². The first-order valence-corrected chi connectivity index (χ1v) is 5.00. The van der Waals surface area contributed by atoms with Crippen molar-refractivity contribution < 1.29 is 9.53 Å². The summed E-state index contributed by atoms with van der Waals surface area (Å²) in [6.45, 7) is 0. The van der Waals surface area contributed by atoms with Crippen molar-refractivity contribution in [3.63, 3.8) is 0 Å². The number of carbonyl (C=O) groups is 1. The van der Waals surface area contributed by atoms with Crippen molar-refractivity contribution in [2.24, 2.45) is 5.73 Å². The van der Waals surface area contributed by atoms with Crippen LogP contribution in [0.25, 0.3) is 0 Å². The highest BCUT2D eigenvalue weighted by molar-refractivity contribution is 5.92. The quantitative estimate of drug-likeness (QED) is 0.869. The van der Waals surface area contributed by atoms with Crippen LogP contribution < -0.4 is 10.5 Å². The van der Waals surface area contributed by atoms with Gasteiger partial charge >= 0.3 is 0 Å². The van der Waals surface area contributed by atoms with E-state index in [9.17, 15) is 4.79 Å². The number of carbonyl (C=O) groups excluding carboxylic acids is 1. The topological polar surface area (TPSA) is 102 Å². The summed E-state index contributed by atoms with van der Waals surface area (Å²) in [6, 6.07) is 9.63. The lowest BCUT2D eigenvalue weighted by Gasteiger charge is -2.05. The minimum absolute atomic E-state index is 0.117. The van der Waals surface area contributed by atoms with Crippen LogP contribution in [-0.2, 0) is 0 Å². The third kappa shape index (κ3) is 2.41. The Morgan fingerprint density at radius 3 is 2.61 bits per heavy atom. The summed E-state index contributed by atoms with van der Waals surface area (Å²) in [5.74, 6) is 0.0441. The number of nitrogens with zero attached hydrogens (tertiary/aromatic N) is 3. The Labute approximate surface area is 103 Å². The first-order chi connectivity index (χ1) is 8.70. The van der Waals surface area contributed by atoms with E-state index in [-0.39, 0.29) is 11.4 Å². The van der Waals surface area contributed by atoms with Crippen LogP contribution in [0.3, 0.4) is 0 Å². The summed E-state index contributed by atoms with van der Waals surface area (Å²) in [5, 5.41) is 16.2. The molecule has 1 aromatic carbocycles. The molecule has 18 heavy (non-hydrogen) atoms. The van der Waals surface area contributed by atoms with E-state index in [1.54, 1.807) is 12.1 Å². The molecule has 0 saturated heterocycles. The summed E-state index contributed by atoms with van der Waals surface area (Å²) >= 11 is 0. The van der Waals surface area contributed by atoms with Gasteiger partial charge in [0.05, 0.1) is 6.20 Å². The van der Waals surface area contributed by atoms with Gasteiger partial charge in [-0.15, -0.1) is 5.10 Å². The second-order valence-corrected chi connectivity index (χ2v) is 3.35. The number of benzene rings is 1. The van der Waals surface area contributed by atoms with Crippen molar-refractivity contribution in [1.29, 1.82) is 5.26 Å². The van der Waals surface area contributed by atoms with Gasteiger partial charge in [-0.3, -0.25) is 4.79 Å². The predicted octanol–water partition coefficient (Wildman–Crippen LogP) is 1.24. The molecule has 1 aromatic heterocycles. The van der Waals surface area contributed by atoms with Crippen molar-refractivity contribution in [3.8, 4) is 17.7 Å². The van der Waals surface area contributed by atoms with Gasteiger partial charge in [-0.05, 0) is 30.3 Å². The van der Waals surface area contributed by atoms with Crippen LogP contribution >= 0.6 is 0 Å². The molecule has 0 unspecified atom stereocenters. The van der Waals surface area contributed by atoms with Gasteiger partial charge in [0, 0.05) is 5.56 Å². The van der Waals surface area contributed by atoms with Crippen LogP contribution in [-0.4, -0.2) is 16.1 Å². The second kappa shape index (κ2) is 4.93. The van der Waals surface area contributed by atoms with Crippen molar-refractivity contribution in [3.05, 3.63) is 47.7 Å². The van der Waals surface area contributed by atoms with E-state index in [4.69, 9.17) is 15.7 Å². The molecule has 2 aromatic rings. The standard InChI is InChI=1S/C12H8N4O2/c13-7-9-5-6-15-16-12(9)18-10-3-1-8(2-4-10)11(14)17/h1-6H,(H2,14,17). The molecule has 0 spiro atoms. The lowest BCUT2D eigenvalue weighted by atomic mass is 10.2. The summed E-state index contributed by atoms with van der Waals surface area (Å²) in [7, 11) is 0. The van der Waals surface area contributed by atoms with Crippen molar-refractivity contribution in [2.75, 3.05) is 0 Å². The molecule has 0 aliphatic carbocycles. The van der Waals surface area contributed by atoms with Gasteiger partial charge in [0.25, 0.3) is 5.88 Å². The molecule has 1 heterocycles. The molecule has 6 heteroatoms. The number of nitrogens with two attached hydrogens (primary N) is 1. The lowest BCUT2D eigenvalue weighted by Crippen LogP contribution is -2.10. The maximum atomic E-state index is 10.9. The third-order valence-corrected chi connectivity index (χ3v) is 2.16. The zero-order chi connectivity index (χ0) is 13.0. The largest absolute Gasteiger partial charge is 0.437 e. The number of hydrogen-bond acceptors (Lipinski definition) is 5. The minimum Gasteiger partial charge on any atom is -0.437 e. The molecule has 88 valence electrons. The molecule has 2 rings (SSSR count). The molecule has 0 bridgehead atoms. The molecule has 0 aliphatic rings. The van der Waals surface area contributed by atoms with E-state index in [0.717, 1.165) is 0 Å². The van der Waals surface area contributed by atoms with E-state index >= 15 is 0 Å². The van der Waals surface area contributed by atoms with E-state index in [1.165, 1.54) is 24.4 Å². The molecule has 2 N–H and O–H groups in total. The molecule has 0 saturated carbocycles. The Hall–Kier alpha value is -2.94. The number of aromatic nitrogens is 2. The highest BCUT2D eigenvalue weighted by Gasteiger charge is 2.07. The first kappa shape index (κ1) is 11.5. The van der Waals surface area contributed by atoms with Gasteiger partial charge in [-0.2, -0.15) is 10.4 Å². The van der Waals surface area contributed by atoms with Crippen LogP contribution in [0.2, 0.25) is 0 Å². The SMILES string of the molecule is N#Cc1ccnnc1Oc1ccc(C(N)=O)cc1. The van der Waals surface area contributed by atoms with Crippen molar-refractivity contribution in [1.82, 2.24) is 10.2 Å². The molecule has 0 fully saturated rings. The Balaban J connectivity index is 2.24. The molecule has 0 radical (unpaired) electrons. The summed E-state index contributed by atoms with van der Waals surface area (Å²) in [6.07, 6.45) is 1.40. The summed E-state index contributed by atoms with van der Waals surface area (Å²) < 4.78 is 5.39. The highest BCUT2D eigenvalue weighted by Crippen LogP contribution is 2.21. The highest BCUT2D eigenvalue weighted by atomic mass is 16.5. The number of ether oxygens (including phenoxy) is 1. The van der Waals surface area contributed by atoms with Gasteiger partial charge < -0.3 is 10.5 Å². The fourth-order valence-corrected chi connectivity index (χ4v) is 1.28. The molecule has 0 aliphatic heterocycles. The second-order valence-electron chi connectivity index (χ2n) is 3.35. The summed E-state index contributed by atoms with van der Waals surface area (Å²) in [5.41, 5.74) is 5.78. The van der Waals surface area contributed by atoms with Crippen molar-refractivity contribution >= 4 is 5.91 Å². The number of rotatable bonds is 3. The zero-order valence-corrected chi connectivity index (χ0v) is 9.20. The lowest BCUT2D eigenvalue weighted by molar-refractivity contribution is 0.100. The Morgan fingerprint density at radius 1 is 1.28 bits per heavy atom. The Bertz CT molecular complexity index is 617. The van der Waals surface area contributed by atoms with Crippen LogP contribution in [0.4, 0.5) is 0 Å². The number of amides is 1. The fourth-order valence-electron chi connectivity index (χ4n) is 1.28. The monoisotopic (exact) mass is 240 g/mol. The van der Waals surface area contributed by atoms with Gasteiger partial charge in [-0.25, -0.2) is 0 Å². The molecule has 1 amide bonds. The molecule has 0 atom stereocenters. The zero-order valence-electron chi connectivity index (χ0n) is 9.20. The molecular formula is C12H8N4O2. The first-order valence-electron chi connectivity index (χ1n) is 5.00. The Morgan fingerprint density at radius 2 is 2.00 bits per heavy atom. The summed E-state index contributed by atoms with van der Waals surface area (Å²) in [4.78, 5) is 10.9. The van der Waals surface area contributed by atoms with E-state index in [2.05, 4.69) is 10.2 Å². The Kier molecular flexibility index (Phi) is 3.16. The molecular weight excluding hydrogens is 232 g/mol. The van der Waals surface area contributed by atoms with Gasteiger partial charge in [0.15, 0.2) is 0 Å². The van der Waals surface area contributed by atoms with Gasteiger partial charge in [0.2, 0.25) is 5.91 Å². The van der Waals surface area contributed by atoms with E-state index in [0.29, 0.717) is 11.3 Å². The molecule has 6 nitrogen and oxygen atoms in total. The third-order valence-electron chi connectivity index (χ3n) is 2.16. The van der Waals surface area contributed by atoms with Crippen LogP contribution in [0.15, 0.2) is 36.5 Å². The number of nitriles is 1. The number of hydrogen-bond donors (Lipinski definition) is 1. The smallest absolute Gasteiger partial charge is 0.256 e. The maximum absolute atomic E-state index is 10.9. The average Bonchev–Trinajstić information content (AvgIpc) is 2.40. The minimum atomic E-state index is -0.515. The fraction of sp³-hybridized carbons (Fsp3) is 0. The van der Waals surface area contributed by atoms with E-state index < -0.39 is 5.91 Å². The van der Waals surface area contributed by atoms with Crippen molar-refractivity contribution in [2.45, 2.75) is 0 Å². The van der Waals surface area contributed by atoms with Gasteiger partial charge in [-0.1, -0.05) is 0 Å². The maximum Gasteiger partial charge on any atom is 0.256 e. The number of primary amides is 1. The average molecular weight is 240 g/mol. The van der Waals surface area contributed by atoms with Crippen LogP contribution in [0.1, 0.15) is 15.9 Å². The van der Waals surface area contributed by atoms with E-state index in [1.807, 2.05) is 6.07 Å². The van der Waals surface area contributed by atoms with Crippen LogP contribution in [0, 0.1) is 11.3 Å². The predicted molar refractivity (Wildman–Crippen MR) is 61.8 cm³/mol. The van der Waals surface area contributed by atoms with Gasteiger partial charge in [0.1, 0.15) is 17.4 Å².